The van der Waals surface area contributed by atoms with Crippen molar-refractivity contribution in [3.63, 3.8) is 0 Å². The van der Waals surface area contributed by atoms with E-state index in [2.05, 4.69) is 19.2 Å². The van der Waals surface area contributed by atoms with E-state index >= 15 is 0 Å². The predicted octanol–water partition coefficient (Wildman–Crippen LogP) is 3.30. The Morgan fingerprint density at radius 3 is 2.38 bits per heavy atom. The van der Waals surface area contributed by atoms with E-state index in [1.807, 2.05) is 58.0 Å². The van der Waals surface area contributed by atoms with Gasteiger partial charge in [0, 0.05) is 11.6 Å². The molecule has 2 atom stereocenters. The van der Waals surface area contributed by atoms with Crippen molar-refractivity contribution in [2.45, 2.75) is 71.7 Å². The van der Waals surface area contributed by atoms with Gasteiger partial charge in [-0.2, -0.15) is 0 Å². The molecule has 5 heteroatoms. The number of nitrogens with one attached hydrogen (secondary N) is 1. The first kappa shape index (κ1) is 20.4. The smallest absolute Gasteiger partial charge is 0.252 e. The van der Waals surface area contributed by atoms with Gasteiger partial charge in [-0.05, 0) is 45.6 Å². The molecule has 0 aliphatic carbocycles. The lowest BCUT2D eigenvalue weighted by atomic mass is 9.91. The summed E-state index contributed by atoms with van der Waals surface area (Å²) in [4.78, 5) is 27.3. The van der Waals surface area contributed by atoms with Crippen molar-refractivity contribution >= 4 is 11.8 Å². The Balaban J connectivity index is 2.32. The highest BCUT2D eigenvalue weighted by Crippen LogP contribution is 2.32. The van der Waals surface area contributed by atoms with Gasteiger partial charge < -0.3 is 15.0 Å². The fourth-order valence-corrected chi connectivity index (χ4v) is 3.92. The summed E-state index contributed by atoms with van der Waals surface area (Å²) < 4.78 is 5.75. The molecule has 1 aromatic carbocycles. The molecule has 0 radical (unpaired) electrons. The van der Waals surface area contributed by atoms with Crippen LogP contribution >= 0.6 is 0 Å². The van der Waals surface area contributed by atoms with E-state index < -0.39 is 12.1 Å². The average Bonchev–Trinajstić information content (AvgIpc) is 2.53. The molecular formula is C21H32N2O3. The van der Waals surface area contributed by atoms with Crippen molar-refractivity contribution in [2.75, 3.05) is 6.61 Å². The lowest BCUT2D eigenvalue weighted by Gasteiger charge is -2.43. The molecule has 2 rings (SSSR count). The van der Waals surface area contributed by atoms with E-state index in [1.54, 1.807) is 4.90 Å². The van der Waals surface area contributed by atoms with E-state index in [1.165, 1.54) is 0 Å². The van der Waals surface area contributed by atoms with Crippen LogP contribution in [0.5, 0.6) is 0 Å². The molecule has 1 aliphatic heterocycles. The molecule has 26 heavy (non-hydrogen) atoms. The standard InChI is InChI=1S/C21H32N2O3/c1-14(2)12-21(5,6)22-20(25)19-18(16-10-8-7-9-11-16)23(15(3)4)17(24)13-26-19/h7-11,14-15,18-19H,12-13H2,1-6H3,(H,22,25)/t18-,19+/m1/s1. The van der Waals surface area contributed by atoms with E-state index in [9.17, 15) is 9.59 Å². The second-order valence-electron chi connectivity index (χ2n) is 8.45. The summed E-state index contributed by atoms with van der Waals surface area (Å²) in [6, 6.07) is 9.22. The number of hydrogen-bond donors (Lipinski definition) is 1. The minimum absolute atomic E-state index is 0.0180. The Morgan fingerprint density at radius 1 is 1.23 bits per heavy atom. The summed E-state index contributed by atoms with van der Waals surface area (Å²) in [7, 11) is 0. The second-order valence-corrected chi connectivity index (χ2v) is 8.45. The van der Waals surface area contributed by atoms with E-state index in [4.69, 9.17) is 4.74 Å². The van der Waals surface area contributed by atoms with E-state index in [0.717, 1.165) is 12.0 Å². The number of carbonyl (C=O) groups excluding carboxylic acids is 2. The SMILES string of the molecule is CC(C)CC(C)(C)NC(=O)[C@H]1OCC(=O)N(C(C)C)[C@@H]1c1ccccc1. The maximum Gasteiger partial charge on any atom is 0.252 e. The zero-order valence-corrected chi connectivity index (χ0v) is 16.8. The van der Waals surface area contributed by atoms with Gasteiger partial charge in [0.15, 0.2) is 6.10 Å². The summed E-state index contributed by atoms with van der Waals surface area (Å²) in [5.74, 6) is 0.221. The fourth-order valence-electron chi connectivity index (χ4n) is 3.92. The molecule has 0 unspecified atom stereocenters. The number of nitrogens with zero attached hydrogens (tertiary/aromatic N) is 1. The minimum atomic E-state index is -0.719. The van der Waals surface area contributed by atoms with Gasteiger partial charge in [0.25, 0.3) is 5.91 Å². The third kappa shape index (κ3) is 4.85. The maximum atomic E-state index is 13.1. The van der Waals surface area contributed by atoms with Crippen LogP contribution in [0, 0.1) is 5.92 Å². The molecule has 0 bridgehead atoms. The topological polar surface area (TPSA) is 58.6 Å². The normalized spacial score (nSPS) is 21.4. The predicted molar refractivity (Wildman–Crippen MR) is 103 cm³/mol. The lowest BCUT2D eigenvalue weighted by Crippen LogP contribution is -2.58. The summed E-state index contributed by atoms with van der Waals surface area (Å²) in [6.45, 7) is 12.2. The molecule has 1 aromatic rings. The van der Waals surface area contributed by atoms with Crippen LogP contribution in [0.3, 0.4) is 0 Å². The van der Waals surface area contributed by atoms with Crippen LogP contribution in [-0.4, -0.2) is 41.0 Å². The zero-order chi connectivity index (χ0) is 19.5. The van der Waals surface area contributed by atoms with Crippen molar-refractivity contribution in [1.29, 1.82) is 0 Å². The molecule has 0 saturated carbocycles. The molecular weight excluding hydrogens is 328 g/mol. The Bertz CT molecular complexity index is 625. The summed E-state index contributed by atoms with van der Waals surface area (Å²) >= 11 is 0. The van der Waals surface area contributed by atoms with Gasteiger partial charge in [-0.25, -0.2) is 0 Å². The molecule has 1 N–H and O–H groups in total. The van der Waals surface area contributed by atoms with Crippen molar-refractivity contribution in [2.24, 2.45) is 5.92 Å². The minimum Gasteiger partial charge on any atom is -0.356 e. The Labute approximate surface area is 157 Å². The van der Waals surface area contributed by atoms with Crippen molar-refractivity contribution < 1.29 is 14.3 Å². The van der Waals surface area contributed by atoms with Gasteiger partial charge in [0.2, 0.25) is 5.91 Å². The van der Waals surface area contributed by atoms with Gasteiger partial charge in [0.05, 0.1) is 6.04 Å². The maximum absolute atomic E-state index is 13.1. The molecule has 5 nitrogen and oxygen atoms in total. The lowest BCUT2D eigenvalue weighted by molar-refractivity contribution is -0.167. The number of benzene rings is 1. The van der Waals surface area contributed by atoms with E-state index in [-0.39, 0.29) is 30.0 Å². The Kier molecular flexibility index (Phi) is 6.45. The molecule has 0 spiro atoms. The first-order valence-corrected chi connectivity index (χ1v) is 9.42. The summed E-state index contributed by atoms with van der Waals surface area (Å²) in [6.07, 6.45) is 0.151. The fraction of sp³-hybridized carbons (Fsp3) is 0.619. The number of rotatable bonds is 6. The summed E-state index contributed by atoms with van der Waals surface area (Å²) in [5, 5.41) is 3.13. The third-order valence-corrected chi connectivity index (χ3v) is 4.60. The monoisotopic (exact) mass is 360 g/mol. The van der Waals surface area contributed by atoms with Crippen LogP contribution in [0.1, 0.15) is 59.6 Å². The number of carbonyl (C=O) groups is 2. The van der Waals surface area contributed by atoms with Gasteiger partial charge in [-0.3, -0.25) is 9.59 Å². The average molecular weight is 360 g/mol. The Hall–Kier alpha value is -1.88. The zero-order valence-electron chi connectivity index (χ0n) is 16.8. The highest BCUT2D eigenvalue weighted by Gasteiger charge is 2.43. The number of morpholine rings is 1. The van der Waals surface area contributed by atoms with E-state index in [0.29, 0.717) is 5.92 Å². The molecule has 144 valence electrons. The quantitative estimate of drug-likeness (QED) is 0.847. The molecule has 1 fully saturated rings. The first-order chi connectivity index (χ1) is 12.1. The van der Waals surface area contributed by atoms with Crippen molar-refractivity contribution in [1.82, 2.24) is 10.2 Å². The third-order valence-electron chi connectivity index (χ3n) is 4.60. The number of amides is 2. The highest BCUT2D eigenvalue weighted by molar-refractivity contribution is 5.87. The molecule has 1 saturated heterocycles. The van der Waals surface area contributed by atoms with Crippen LogP contribution in [0.25, 0.3) is 0 Å². The summed E-state index contributed by atoms with van der Waals surface area (Å²) in [5.41, 5.74) is 0.580. The Morgan fingerprint density at radius 2 is 1.85 bits per heavy atom. The van der Waals surface area contributed by atoms with Crippen molar-refractivity contribution in [3.8, 4) is 0 Å². The van der Waals surface area contributed by atoms with Crippen LogP contribution in [0.2, 0.25) is 0 Å². The van der Waals surface area contributed by atoms with Gasteiger partial charge >= 0.3 is 0 Å². The van der Waals surface area contributed by atoms with Gasteiger partial charge in [0.1, 0.15) is 6.61 Å². The van der Waals surface area contributed by atoms with Crippen LogP contribution in [-0.2, 0) is 14.3 Å². The van der Waals surface area contributed by atoms with Crippen LogP contribution in [0.15, 0.2) is 30.3 Å². The van der Waals surface area contributed by atoms with Crippen LogP contribution < -0.4 is 5.32 Å². The first-order valence-electron chi connectivity index (χ1n) is 9.42. The molecule has 0 aromatic heterocycles. The largest absolute Gasteiger partial charge is 0.356 e. The van der Waals surface area contributed by atoms with Gasteiger partial charge in [-0.1, -0.05) is 44.2 Å². The molecule has 2 amide bonds. The highest BCUT2D eigenvalue weighted by atomic mass is 16.5. The second kappa shape index (κ2) is 8.21. The van der Waals surface area contributed by atoms with Gasteiger partial charge in [-0.15, -0.1) is 0 Å². The molecule has 1 heterocycles. The van der Waals surface area contributed by atoms with Crippen molar-refractivity contribution in [3.05, 3.63) is 35.9 Å². The number of hydrogen-bond acceptors (Lipinski definition) is 3. The number of ether oxygens (including phenoxy) is 1. The van der Waals surface area contributed by atoms with Crippen LogP contribution in [0.4, 0.5) is 0 Å². The molecule has 1 aliphatic rings.